The van der Waals surface area contributed by atoms with E-state index in [1.54, 1.807) is 6.20 Å². The fraction of sp³-hybridized carbons (Fsp3) is 0.263. The number of hydrogen-bond donors (Lipinski definition) is 3. The summed E-state index contributed by atoms with van der Waals surface area (Å²) in [7, 11) is 0. The number of nitrogens with one attached hydrogen (secondary N) is 2. The van der Waals surface area contributed by atoms with E-state index in [1.165, 1.54) is 0 Å². The normalized spacial score (nSPS) is 22.4. The molecule has 6 nitrogen and oxygen atoms in total. The Kier molecular flexibility index (Phi) is 3.89. The van der Waals surface area contributed by atoms with Crippen molar-refractivity contribution in [3.63, 3.8) is 0 Å². The average molecular weight is 336 g/mol. The summed E-state index contributed by atoms with van der Waals surface area (Å²) < 4.78 is 1.85. The number of aromatic nitrogens is 2. The number of nitrogens with zero attached hydrogens (tertiary/aromatic N) is 2. The maximum atomic E-state index is 12.3. The quantitative estimate of drug-likeness (QED) is 0.685. The van der Waals surface area contributed by atoms with E-state index in [0.29, 0.717) is 25.1 Å². The summed E-state index contributed by atoms with van der Waals surface area (Å²) in [4.78, 5) is 16.5. The molecule has 3 aromatic rings. The van der Waals surface area contributed by atoms with Crippen LogP contribution in [0.2, 0.25) is 0 Å². The lowest BCUT2D eigenvalue weighted by Crippen LogP contribution is -2.52. The second-order valence-corrected chi connectivity index (χ2v) is 6.63. The van der Waals surface area contributed by atoms with Gasteiger partial charge in [-0.05, 0) is 30.5 Å². The second kappa shape index (κ2) is 6.22. The van der Waals surface area contributed by atoms with Crippen LogP contribution >= 0.6 is 0 Å². The Hall–Kier alpha value is -2.86. The zero-order valence-corrected chi connectivity index (χ0v) is 13.7. The Bertz CT molecular complexity index is 885. The number of benzene rings is 1. The molecule has 25 heavy (non-hydrogen) atoms. The SMILES string of the molecule is O=C(NCC1(c2ccccc2)CC(O)C1)Nc1ccc2nccn2c1. The summed E-state index contributed by atoms with van der Waals surface area (Å²) in [5.41, 5.74) is 2.50. The number of carbonyl (C=O) groups is 1. The van der Waals surface area contributed by atoms with E-state index in [1.807, 2.05) is 47.1 Å². The summed E-state index contributed by atoms with van der Waals surface area (Å²) in [5, 5.41) is 15.6. The van der Waals surface area contributed by atoms with Crippen LogP contribution in [0.4, 0.5) is 10.5 Å². The summed E-state index contributed by atoms with van der Waals surface area (Å²) in [6.45, 7) is 0.493. The molecule has 0 spiro atoms. The van der Waals surface area contributed by atoms with Crippen molar-refractivity contribution >= 4 is 17.4 Å². The van der Waals surface area contributed by atoms with Gasteiger partial charge in [0, 0.05) is 30.6 Å². The summed E-state index contributed by atoms with van der Waals surface area (Å²) in [6.07, 6.45) is 6.40. The average Bonchev–Trinajstić information content (AvgIpc) is 3.06. The molecule has 0 saturated heterocycles. The third-order valence-corrected chi connectivity index (χ3v) is 4.87. The fourth-order valence-electron chi connectivity index (χ4n) is 3.53. The van der Waals surface area contributed by atoms with Crippen LogP contribution in [-0.2, 0) is 5.41 Å². The minimum absolute atomic E-state index is 0.188. The smallest absolute Gasteiger partial charge is 0.319 e. The first-order valence-corrected chi connectivity index (χ1v) is 8.36. The monoisotopic (exact) mass is 336 g/mol. The van der Waals surface area contributed by atoms with Crippen LogP contribution in [0.3, 0.4) is 0 Å². The molecule has 0 aliphatic heterocycles. The van der Waals surface area contributed by atoms with Crippen molar-refractivity contribution in [2.45, 2.75) is 24.4 Å². The van der Waals surface area contributed by atoms with E-state index >= 15 is 0 Å². The van der Waals surface area contributed by atoms with E-state index in [2.05, 4.69) is 27.8 Å². The topological polar surface area (TPSA) is 78.7 Å². The predicted molar refractivity (Wildman–Crippen MR) is 95.6 cm³/mol. The van der Waals surface area contributed by atoms with Gasteiger partial charge in [-0.1, -0.05) is 30.3 Å². The molecule has 2 aromatic heterocycles. The van der Waals surface area contributed by atoms with Crippen LogP contribution in [0, 0.1) is 0 Å². The molecule has 128 valence electrons. The van der Waals surface area contributed by atoms with Crippen LogP contribution in [0.1, 0.15) is 18.4 Å². The number of carbonyl (C=O) groups excluding carboxylic acids is 1. The number of amides is 2. The summed E-state index contributed by atoms with van der Waals surface area (Å²) in [5.74, 6) is 0. The van der Waals surface area contributed by atoms with E-state index < -0.39 is 0 Å². The lowest BCUT2D eigenvalue weighted by Gasteiger charge is -2.46. The van der Waals surface area contributed by atoms with Crippen molar-refractivity contribution in [1.82, 2.24) is 14.7 Å². The molecule has 0 unspecified atom stereocenters. The highest BCUT2D eigenvalue weighted by Crippen LogP contribution is 2.43. The predicted octanol–water partition coefficient (Wildman–Crippen LogP) is 2.55. The molecule has 2 amide bonds. The Labute approximate surface area is 145 Å². The molecule has 6 heteroatoms. The van der Waals surface area contributed by atoms with Crippen molar-refractivity contribution in [2.24, 2.45) is 0 Å². The van der Waals surface area contributed by atoms with Crippen LogP contribution in [0.25, 0.3) is 5.65 Å². The number of pyridine rings is 1. The van der Waals surface area contributed by atoms with Gasteiger partial charge in [0.2, 0.25) is 0 Å². The number of fused-ring (bicyclic) bond motifs is 1. The highest BCUT2D eigenvalue weighted by Gasteiger charge is 2.44. The number of aliphatic hydroxyl groups excluding tert-OH is 1. The molecule has 0 bridgehead atoms. The third kappa shape index (κ3) is 3.08. The van der Waals surface area contributed by atoms with E-state index in [9.17, 15) is 9.90 Å². The molecule has 1 saturated carbocycles. The number of rotatable bonds is 4. The zero-order valence-electron chi connectivity index (χ0n) is 13.7. The molecule has 1 fully saturated rings. The van der Waals surface area contributed by atoms with Crippen LogP contribution < -0.4 is 10.6 Å². The Balaban J connectivity index is 1.42. The van der Waals surface area contributed by atoms with Gasteiger partial charge < -0.3 is 20.1 Å². The molecule has 3 N–H and O–H groups in total. The number of anilines is 1. The Morgan fingerprint density at radius 3 is 2.80 bits per heavy atom. The molecule has 1 aliphatic rings. The molecule has 4 rings (SSSR count). The van der Waals surface area contributed by atoms with Crippen molar-refractivity contribution in [1.29, 1.82) is 0 Å². The van der Waals surface area contributed by atoms with Gasteiger partial charge in [-0.25, -0.2) is 9.78 Å². The highest BCUT2D eigenvalue weighted by atomic mass is 16.3. The number of aliphatic hydroxyl groups is 1. The first kappa shape index (κ1) is 15.7. The van der Waals surface area contributed by atoms with Crippen LogP contribution in [0.15, 0.2) is 61.1 Å². The van der Waals surface area contributed by atoms with Gasteiger partial charge in [0.15, 0.2) is 0 Å². The van der Waals surface area contributed by atoms with Crippen molar-refractivity contribution in [3.05, 3.63) is 66.6 Å². The van der Waals surface area contributed by atoms with E-state index in [4.69, 9.17) is 0 Å². The standard InChI is InChI=1S/C19H20N4O2/c24-16-10-19(11-16,14-4-2-1-3-5-14)13-21-18(25)22-15-6-7-17-20-8-9-23(17)12-15/h1-9,12,16,24H,10-11,13H2,(H2,21,22,25). The van der Waals surface area contributed by atoms with Crippen molar-refractivity contribution < 1.29 is 9.90 Å². The second-order valence-electron chi connectivity index (χ2n) is 6.63. The van der Waals surface area contributed by atoms with Gasteiger partial charge >= 0.3 is 6.03 Å². The third-order valence-electron chi connectivity index (χ3n) is 4.87. The molecule has 0 radical (unpaired) electrons. The number of urea groups is 1. The van der Waals surface area contributed by atoms with Gasteiger partial charge in [0.1, 0.15) is 5.65 Å². The van der Waals surface area contributed by atoms with Gasteiger partial charge in [-0.3, -0.25) is 0 Å². The van der Waals surface area contributed by atoms with E-state index in [0.717, 1.165) is 11.2 Å². The number of hydrogen-bond acceptors (Lipinski definition) is 3. The minimum Gasteiger partial charge on any atom is -0.393 e. The van der Waals surface area contributed by atoms with Crippen LogP contribution in [0.5, 0.6) is 0 Å². The molecule has 2 heterocycles. The number of imidazole rings is 1. The largest absolute Gasteiger partial charge is 0.393 e. The van der Waals surface area contributed by atoms with Gasteiger partial charge in [0.05, 0.1) is 11.8 Å². The molecule has 1 aromatic carbocycles. The van der Waals surface area contributed by atoms with Crippen LogP contribution in [-0.4, -0.2) is 33.2 Å². The first-order chi connectivity index (χ1) is 12.1. The maximum Gasteiger partial charge on any atom is 0.319 e. The molecular weight excluding hydrogens is 316 g/mol. The highest BCUT2D eigenvalue weighted by molar-refractivity contribution is 5.89. The van der Waals surface area contributed by atoms with Gasteiger partial charge in [-0.2, -0.15) is 0 Å². The lowest BCUT2D eigenvalue weighted by atomic mass is 9.62. The fourth-order valence-corrected chi connectivity index (χ4v) is 3.53. The zero-order chi connectivity index (χ0) is 17.3. The lowest BCUT2D eigenvalue weighted by molar-refractivity contribution is 0.0193. The summed E-state index contributed by atoms with van der Waals surface area (Å²) in [6, 6.07) is 13.5. The molecule has 1 aliphatic carbocycles. The van der Waals surface area contributed by atoms with Gasteiger partial charge in [-0.15, -0.1) is 0 Å². The van der Waals surface area contributed by atoms with Crippen molar-refractivity contribution in [2.75, 3.05) is 11.9 Å². The maximum absolute atomic E-state index is 12.3. The minimum atomic E-state index is -0.297. The van der Waals surface area contributed by atoms with Crippen molar-refractivity contribution in [3.8, 4) is 0 Å². The summed E-state index contributed by atoms with van der Waals surface area (Å²) >= 11 is 0. The molecular formula is C19H20N4O2. The first-order valence-electron chi connectivity index (χ1n) is 8.36. The van der Waals surface area contributed by atoms with E-state index in [-0.39, 0.29) is 17.6 Å². The Morgan fingerprint density at radius 1 is 1.24 bits per heavy atom. The Morgan fingerprint density at radius 2 is 2.04 bits per heavy atom. The van der Waals surface area contributed by atoms with Gasteiger partial charge in [0.25, 0.3) is 0 Å². The molecule has 0 atom stereocenters.